The number of nitrogens with one attached hydrogen (secondary N) is 2. The van der Waals surface area contributed by atoms with Crippen LogP contribution in [0.1, 0.15) is 26.2 Å². The van der Waals surface area contributed by atoms with Gasteiger partial charge in [0, 0.05) is 6.42 Å². The minimum Gasteiger partial charge on any atom is -0.308 e. The van der Waals surface area contributed by atoms with Crippen LogP contribution in [0.5, 0.6) is 0 Å². The van der Waals surface area contributed by atoms with Gasteiger partial charge in [-0.15, -0.1) is 5.10 Å². The van der Waals surface area contributed by atoms with Crippen LogP contribution in [-0.4, -0.2) is 21.3 Å². The number of carbonyl (C=O) groups excluding carboxylic acids is 1. The minimum atomic E-state index is -0.00856. The molecule has 0 aromatic carbocycles. The lowest BCUT2D eigenvalue weighted by Gasteiger charge is -1.98. The van der Waals surface area contributed by atoms with Crippen LogP contribution >= 0.6 is 0 Å². The number of aromatic nitrogens is 3. The lowest BCUT2D eigenvalue weighted by molar-refractivity contribution is -0.116. The molecule has 0 aliphatic rings. The summed E-state index contributed by atoms with van der Waals surface area (Å²) in [5, 5.41) is 12.3. The Labute approximate surface area is 70.6 Å². The lowest BCUT2D eigenvalue weighted by atomic mass is 10.2. The summed E-state index contributed by atoms with van der Waals surface area (Å²) in [6.07, 6.45) is 3.95. The van der Waals surface area contributed by atoms with E-state index in [4.69, 9.17) is 0 Å². The molecule has 2 N–H and O–H groups in total. The van der Waals surface area contributed by atoms with Crippen LogP contribution in [-0.2, 0) is 4.79 Å². The standard InChI is InChI=1S/C7H12N4O/c1-2-3-4-7(12)9-6-5-8-11-10-6/h5H,2-4H2,1H3,(H2,8,9,10,11,12). The maximum atomic E-state index is 11.1. The van der Waals surface area contributed by atoms with E-state index in [0.29, 0.717) is 12.2 Å². The average Bonchev–Trinajstić information content (AvgIpc) is 2.53. The number of carbonyl (C=O) groups is 1. The second-order valence-corrected chi connectivity index (χ2v) is 2.51. The summed E-state index contributed by atoms with van der Waals surface area (Å²) in [5.74, 6) is 0.474. The van der Waals surface area contributed by atoms with E-state index in [9.17, 15) is 4.79 Å². The monoisotopic (exact) mass is 168 g/mol. The molecule has 0 unspecified atom stereocenters. The third kappa shape index (κ3) is 2.69. The molecule has 0 fully saturated rings. The molecule has 1 amide bonds. The Morgan fingerprint density at radius 3 is 3.17 bits per heavy atom. The molecule has 0 saturated carbocycles. The molecule has 0 aliphatic heterocycles. The average molecular weight is 168 g/mol. The first-order valence-electron chi connectivity index (χ1n) is 3.98. The Morgan fingerprint density at radius 1 is 1.75 bits per heavy atom. The van der Waals surface area contributed by atoms with Crippen LogP contribution in [0.4, 0.5) is 5.82 Å². The van der Waals surface area contributed by atoms with Crippen LogP contribution < -0.4 is 5.32 Å². The Balaban J connectivity index is 2.27. The number of anilines is 1. The van der Waals surface area contributed by atoms with Crippen molar-refractivity contribution in [3.63, 3.8) is 0 Å². The first kappa shape index (κ1) is 8.70. The zero-order valence-electron chi connectivity index (χ0n) is 7.00. The van der Waals surface area contributed by atoms with Crippen molar-refractivity contribution in [2.24, 2.45) is 0 Å². The Hall–Kier alpha value is -1.39. The van der Waals surface area contributed by atoms with Crippen molar-refractivity contribution in [2.45, 2.75) is 26.2 Å². The number of amides is 1. The molecule has 1 rings (SSSR count). The van der Waals surface area contributed by atoms with Gasteiger partial charge in [0.1, 0.15) is 0 Å². The van der Waals surface area contributed by atoms with E-state index in [1.54, 1.807) is 0 Å². The van der Waals surface area contributed by atoms with Gasteiger partial charge >= 0.3 is 0 Å². The normalized spacial score (nSPS) is 9.75. The number of aromatic amines is 1. The van der Waals surface area contributed by atoms with Crippen molar-refractivity contribution < 1.29 is 4.79 Å². The molecular weight excluding hydrogens is 156 g/mol. The Bertz CT molecular complexity index is 232. The molecule has 5 heteroatoms. The summed E-state index contributed by atoms with van der Waals surface area (Å²) in [7, 11) is 0. The maximum Gasteiger partial charge on any atom is 0.225 e. The SMILES string of the molecule is CCCCC(=O)Nc1cn[nH]n1. The van der Waals surface area contributed by atoms with Crippen molar-refractivity contribution in [1.82, 2.24) is 15.4 Å². The van der Waals surface area contributed by atoms with Gasteiger partial charge < -0.3 is 5.32 Å². The predicted molar refractivity (Wildman–Crippen MR) is 44.5 cm³/mol. The topological polar surface area (TPSA) is 70.7 Å². The van der Waals surface area contributed by atoms with Crippen LogP contribution in [0, 0.1) is 0 Å². The highest BCUT2D eigenvalue weighted by Crippen LogP contribution is 2.00. The first-order valence-corrected chi connectivity index (χ1v) is 3.98. The van der Waals surface area contributed by atoms with Crippen molar-refractivity contribution in [1.29, 1.82) is 0 Å². The molecule has 0 saturated heterocycles. The Kier molecular flexibility index (Phi) is 3.25. The summed E-state index contributed by atoms with van der Waals surface area (Å²) in [5.41, 5.74) is 0. The molecule has 0 radical (unpaired) electrons. The van der Waals surface area contributed by atoms with Gasteiger partial charge in [-0.3, -0.25) is 4.79 Å². The van der Waals surface area contributed by atoms with E-state index in [-0.39, 0.29) is 5.91 Å². The second-order valence-electron chi connectivity index (χ2n) is 2.51. The zero-order chi connectivity index (χ0) is 8.81. The first-order chi connectivity index (χ1) is 5.83. The number of nitrogens with zero attached hydrogens (tertiary/aromatic N) is 2. The van der Waals surface area contributed by atoms with Crippen LogP contribution in [0.15, 0.2) is 6.20 Å². The van der Waals surface area contributed by atoms with Crippen LogP contribution in [0.2, 0.25) is 0 Å². The van der Waals surface area contributed by atoms with E-state index in [0.717, 1.165) is 12.8 Å². The van der Waals surface area contributed by atoms with E-state index in [1.165, 1.54) is 6.20 Å². The van der Waals surface area contributed by atoms with Crippen molar-refractivity contribution in [3.8, 4) is 0 Å². The molecule has 5 nitrogen and oxygen atoms in total. The smallest absolute Gasteiger partial charge is 0.225 e. The molecule has 0 spiro atoms. The third-order valence-corrected chi connectivity index (χ3v) is 1.44. The molecule has 0 atom stereocenters. The number of H-pyrrole nitrogens is 1. The summed E-state index contributed by atoms with van der Waals surface area (Å²) in [6, 6.07) is 0. The van der Waals surface area contributed by atoms with Gasteiger partial charge in [0.2, 0.25) is 5.91 Å². The fourth-order valence-corrected chi connectivity index (χ4v) is 0.805. The molecule has 1 aromatic heterocycles. The van der Waals surface area contributed by atoms with Crippen LogP contribution in [0.25, 0.3) is 0 Å². The molecule has 1 heterocycles. The Morgan fingerprint density at radius 2 is 2.58 bits per heavy atom. The second kappa shape index (κ2) is 4.48. The zero-order valence-corrected chi connectivity index (χ0v) is 7.00. The summed E-state index contributed by atoms with van der Waals surface area (Å²) >= 11 is 0. The highest BCUT2D eigenvalue weighted by molar-refractivity contribution is 5.89. The highest BCUT2D eigenvalue weighted by atomic mass is 16.1. The summed E-state index contributed by atoms with van der Waals surface area (Å²) in [6.45, 7) is 2.05. The van der Waals surface area contributed by atoms with E-state index in [2.05, 4.69) is 20.7 Å². The van der Waals surface area contributed by atoms with Gasteiger partial charge in [0.25, 0.3) is 0 Å². The van der Waals surface area contributed by atoms with Gasteiger partial charge in [-0.2, -0.15) is 10.3 Å². The predicted octanol–water partition coefficient (Wildman–Crippen LogP) is 0.933. The fourth-order valence-electron chi connectivity index (χ4n) is 0.805. The van der Waals surface area contributed by atoms with Crippen LogP contribution in [0.3, 0.4) is 0 Å². The number of rotatable bonds is 4. The van der Waals surface area contributed by atoms with Gasteiger partial charge in [-0.1, -0.05) is 13.3 Å². The molecule has 66 valence electrons. The van der Waals surface area contributed by atoms with Crippen molar-refractivity contribution in [3.05, 3.63) is 6.20 Å². The quantitative estimate of drug-likeness (QED) is 0.702. The molecule has 12 heavy (non-hydrogen) atoms. The largest absolute Gasteiger partial charge is 0.308 e. The molecule has 0 aliphatic carbocycles. The van der Waals surface area contributed by atoms with Crippen molar-refractivity contribution in [2.75, 3.05) is 5.32 Å². The van der Waals surface area contributed by atoms with Gasteiger partial charge in [-0.25, -0.2) is 0 Å². The van der Waals surface area contributed by atoms with Gasteiger partial charge in [0.05, 0.1) is 6.20 Å². The van der Waals surface area contributed by atoms with Gasteiger partial charge in [-0.05, 0) is 6.42 Å². The lowest BCUT2D eigenvalue weighted by Crippen LogP contribution is -2.11. The van der Waals surface area contributed by atoms with Gasteiger partial charge in [0.15, 0.2) is 5.82 Å². The van der Waals surface area contributed by atoms with E-state index >= 15 is 0 Å². The van der Waals surface area contributed by atoms with E-state index < -0.39 is 0 Å². The highest BCUT2D eigenvalue weighted by Gasteiger charge is 2.01. The molecule has 1 aromatic rings. The number of hydrogen-bond donors (Lipinski definition) is 2. The summed E-state index contributed by atoms with van der Waals surface area (Å²) in [4.78, 5) is 11.1. The minimum absolute atomic E-state index is 0.00856. The fraction of sp³-hybridized carbons (Fsp3) is 0.571. The molecular formula is C7H12N4O. The number of hydrogen-bond acceptors (Lipinski definition) is 3. The third-order valence-electron chi connectivity index (χ3n) is 1.44. The van der Waals surface area contributed by atoms with Crippen molar-refractivity contribution >= 4 is 11.7 Å². The van der Waals surface area contributed by atoms with E-state index in [1.807, 2.05) is 6.92 Å². The summed E-state index contributed by atoms with van der Waals surface area (Å²) < 4.78 is 0. The molecule has 0 bridgehead atoms. The number of unbranched alkanes of at least 4 members (excludes halogenated alkanes) is 1. The maximum absolute atomic E-state index is 11.1.